The van der Waals surface area contributed by atoms with Crippen molar-refractivity contribution in [1.82, 2.24) is 10.2 Å². The highest BCUT2D eigenvalue weighted by Crippen LogP contribution is 2.26. The number of nitrogens with one attached hydrogen (secondary N) is 1. The van der Waals surface area contributed by atoms with Crippen molar-refractivity contribution in [1.29, 1.82) is 0 Å². The Morgan fingerprint density at radius 1 is 0.872 bits per heavy atom. The number of anilines is 1. The summed E-state index contributed by atoms with van der Waals surface area (Å²) in [5.74, 6) is -0.769. The van der Waals surface area contributed by atoms with Crippen LogP contribution < -0.4 is 9.62 Å². The Bertz CT molecular complexity index is 1370. The van der Waals surface area contributed by atoms with E-state index in [1.54, 1.807) is 24.3 Å². The van der Waals surface area contributed by atoms with Crippen molar-refractivity contribution in [3.8, 4) is 0 Å². The first kappa shape index (κ1) is 30.2. The number of nitrogens with zero attached hydrogens (tertiary/aromatic N) is 2. The minimum atomic E-state index is -4.14. The molecule has 39 heavy (non-hydrogen) atoms. The van der Waals surface area contributed by atoms with Crippen LogP contribution in [0.15, 0.2) is 77.7 Å². The lowest BCUT2D eigenvalue weighted by Gasteiger charge is -2.33. The van der Waals surface area contributed by atoms with E-state index in [0.717, 1.165) is 21.0 Å². The highest BCUT2D eigenvalue weighted by Gasteiger charge is 2.33. The summed E-state index contributed by atoms with van der Waals surface area (Å²) in [5, 5.41) is 3.30. The van der Waals surface area contributed by atoms with Gasteiger partial charge in [0.25, 0.3) is 10.0 Å². The van der Waals surface area contributed by atoms with Crippen molar-refractivity contribution in [3.05, 3.63) is 94.5 Å². The van der Waals surface area contributed by atoms with Crippen LogP contribution in [0.5, 0.6) is 0 Å². The van der Waals surface area contributed by atoms with Gasteiger partial charge in [0.1, 0.15) is 12.6 Å². The molecule has 3 aromatic carbocycles. The molecular formula is C30H36ClN3O4S. The molecule has 1 N–H and O–H groups in total. The molecule has 0 aliphatic carbocycles. The first-order valence-corrected chi connectivity index (χ1v) is 14.7. The number of carbonyl (C=O) groups excluding carboxylic acids is 2. The predicted molar refractivity (Wildman–Crippen MR) is 156 cm³/mol. The quantitative estimate of drug-likeness (QED) is 0.331. The first-order valence-electron chi connectivity index (χ1n) is 12.9. The molecule has 7 nitrogen and oxygen atoms in total. The number of aryl methyl sites for hydroxylation is 2. The molecule has 0 saturated heterocycles. The van der Waals surface area contributed by atoms with Crippen LogP contribution in [0.1, 0.15) is 43.9 Å². The van der Waals surface area contributed by atoms with Gasteiger partial charge >= 0.3 is 0 Å². The van der Waals surface area contributed by atoms with Crippen LogP contribution in [-0.4, -0.2) is 43.8 Å². The van der Waals surface area contributed by atoms with Crippen LogP contribution in [-0.2, 0) is 26.2 Å². The Morgan fingerprint density at radius 3 is 1.92 bits per heavy atom. The van der Waals surface area contributed by atoms with Gasteiger partial charge in [-0.1, -0.05) is 66.0 Å². The van der Waals surface area contributed by atoms with E-state index in [2.05, 4.69) is 5.32 Å². The summed E-state index contributed by atoms with van der Waals surface area (Å²) in [7, 11) is -4.14. The van der Waals surface area contributed by atoms with Gasteiger partial charge in [0, 0.05) is 17.6 Å². The van der Waals surface area contributed by atoms with Gasteiger partial charge in [0.2, 0.25) is 11.8 Å². The lowest BCUT2D eigenvalue weighted by Crippen LogP contribution is -2.53. The van der Waals surface area contributed by atoms with E-state index in [9.17, 15) is 18.0 Å². The molecule has 2 amide bonds. The van der Waals surface area contributed by atoms with Crippen molar-refractivity contribution < 1.29 is 18.0 Å². The fraction of sp³-hybridized carbons (Fsp3) is 0.333. The molecule has 3 aromatic rings. The number of hydrogen-bond donors (Lipinski definition) is 1. The fourth-order valence-electron chi connectivity index (χ4n) is 4.16. The summed E-state index contributed by atoms with van der Waals surface area (Å²) in [6.07, 6.45) is 0.366. The van der Waals surface area contributed by atoms with E-state index in [1.807, 2.05) is 58.9 Å². The van der Waals surface area contributed by atoms with Crippen molar-refractivity contribution >= 4 is 39.1 Å². The van der Waals surface area contributed by atoms with E-state index >= 15 is 0 Å². The largest absolute Gasteiger partial charge is 0.352 e. The average molecular weight is 570 g/mol. The second kappa shape index (κ2) is 13.1. The zero-order chi connectivity index (χ0) is 28.7. The molecule has 208 valence electrons. The number of sulfonamides is 1. The third kappa shape index (κ3) is 7.83. The minimum absolute atomic E-state index is 0.00921. The molecule has 9 heteroatoms. The second-order valence-corrected chi connectivity index (χ2v) is 12.2. The van der Waals surface area contributed by atoms with Gasteiger partial charge in [0.05, 0.1) is 10.6 Å². The van der Waals surface area contributed by atoms with E-state index in [4.69, 9.17) is 11.6 Å². The number of halogens is 1. The molecule has 0 heterocycles. The van der Waals surface area contributed by atoms with Gasteiger partial charge in [-0.2, -0.15) is 0 Å². The third-order valence-corrected chi connectivity index (χ3v) is 8.33. The number of amides is 2. The summed E-state index contributed by atoms with van der Waals surface area (Å²) in [6.45, 7) is 9.09. The monoisotopic (exact) mass is 569 g/mol. The molecule has 1 atom stereocenters. The normalized spacial score (nSPS) is 12.2. The van der Waals surface area contributed by atoms with E-state index in [-0.39, 0.29) is 23.4 Å². The highest BCUT2D eigenvalue weighted by atomic mass is 35.5. The third-order valence-electron chi connectivity index (χ3n) is 6.29. The summed E-state index contributed by atoms with van der Waals surface area (Å²) >= 11 is 6.00. The van der Waals surface area contributed by atoms with E-state index < -0.39 is 28.5 Å². The lowest BCUT2D eigenvalue weighted by atomic mass is 10.1. The predicted octanol–water partition coefficient (Wildman–Crippen LogP) is 5.48. The lowest BCUT2D eigenvalue weighted by molar-refractivity contribution is -0.140. The highest BCUT2D eigenvalue weighted by molar-refractivity contribution is 7.92. The maximum Gasteiger partial charge on any atom is 0.264 e. The molecule has 0 saturated carbocycles. The van der Waals surface area contributed by atoms with Crippen molar-refractivity contribution in [3.63, 3.8) is 0 Å². The standard InChI is InChI=1S/C30H36ClN3O4S/c1-6-28(30(36)32-21(2)3)33(19-24-11-7-22(4)8-12-24)29(35)20-34(26-15-9-23(5)10-16-26)39(37,38)27-17-13-25(31)14-18-27/h7-18,21,28H,6,19-20H2,1-5H3,(H,32,36)/t28-/m0/s1. The minimum Gasteiger partial charge on any atom is -0.352 e. The SMILES string of the molecule is CC[C@@H](C(=O)NC(C)C)N(Cc1ccc(C)cc1)C(=O)CN(c1ccc(C)cc1)S(=O)(=O)c1ccc(Cl)cc1. The molecule has 0 aliphatic heterocycles. The molecule has 0 fully saturated rings. The van der Waals surface area contributed by atoms with Crippen LogP contribution in [0, 0.1) is 13.8 Å². The molecule has 0 radical (unpaired) electrons. The molecular weight excluding hydrogens is 534 g/mol. The number of rotatable bonds is 11. The summed E-state index contributed by atoms with van der Waals surface area (Å²) in [6, 6.07) is 19.6. The summed E-state index contributed by atoms with van der Waals surface area (Å²) in [5.41, 5.74) is 3.21. The topological polar surface area (TPSA) is 86.8 Å². The number of benzene rings is 3. The fourth-order valence-corrected chi connectivity index (χ4v) is 5.70. The Hall–Kier alpha value is -3.36. The zero-order valence-corrected chi connectivity index (χ0v) is 24.6. The van der Waals surface area contributed by atoms with Crippen LogP contribution in [0.2, 0.25) is 5.02 Å². The Kier molecular flexibility index (Phi) is 10.2. The zero-order valence-electron chi connectivity index (χ0n) is 23.0. The van der Waals surface area contributed by atoms with E-state index in [1.165, 1.54) is 29.2 Å². The van der Waals surface area contributed by atoms with Gasteiger partial charge in [-0.25, -0.2) is 8.42 Å². The van der Waals surface area contributed by atoms with Crippen LogP contribution >= 0.6 is 11.6 Å². The second-order valence-electron chi connectivity index (χ2n) is 9.90. The van der Waals surface area contributed by atoms with Gasteiger partial charge < -0.3 is 10.2 Å². The molecule has 3 rings (SSSR count). The molecule has 0 spiro atoms. The van der Waals surface area contributed by atoms with Crippen molar-refractivity contribution in [2.24, 2.45) is 0 Å². The van der Waals surface area contributed by atoms with Crippen molar-refractivity contribution in [2.75, 3.05) is 10.8 Å². The van der Waals surface area contributed by atoms with Gasteiger partial charge in [-0.05, 0) is 76.1 Å². The number of hydrogen-bond acceptors (Lipinski definition) is 4. The Morgan fingerprint density at radius 2 is 1.41 bits per heavy atom. The Labute approximate surface area is 236 Å². The first-order chi connectivity index (χ1) is 18.4. The maximum absolute atomic E-state index is 14.0. The van der Waals surface area contributed by atoms with Gasteiger partial charge in [0.15, 0.2) is 0 Å². The van der Waals surface area contributed by atoms with Crippen LogP contribution in [0.3, 0.4) is 0 Å². The van der Waals surface area contributed by atoms with Crippen LogP contribution in [0.25, 0.3) is 0 Å². The maximum atomic E-state index is 14.0. The molecule has 0 unspecified atom stereocenters. The average Bonchev–Trinajstić information content (AvgIpc) is 2.88. The number of carbonyl (C=O) groups is 2. The Balaban J connectivity index is 2.05. The summed E-state index contributed by atoms with van der Waals surface area (Å²) in [4.78, 5) is 28.7. The van der Waals surface area contributed by atoms with Crippen molar-refractivity contribution in [2.45, 2.75) is 64.6 Å². The van der Waals surface area contributed by atoms with E-state index in [0.29, 0.717) is 17.1 Å². The summed E-state index contributed by atoms with van der Waals surface area (Å²) < 4.78 is 28.8. The smallest absolute Gasteiger partial charge is 0.264 e. The molecule has 0 bridgehead atoms. The van der Waals surface area contributed by atoms with Crippen LogP contribution in [0.4, 0.5) is 5.69 Å². The van der Waals surface area contributed by atoms with Gasteiger partial charge in [-0.15, -0.1) is 0 Å². The molecule has 0 aromatic heterocycles. The molecule has 0 aliphatic rings. The van der Waals surface area contributed by atoms with Gasteiger partial charge in [-0.3, -0.25) is 13.9 Å².